The maximum absolute atomic E-state index is 10.1. The molecule has 16 heavy (non-hydrogen) atoms. The van der Waals surface area contributed by atoms with Gasteiger partial charge in [0.25, 0.3) is 0 Å². The molecule has 96 valence electrons. The van der Waals surface area contributed by atoms with Crippen molar-refractivity contribution in [3.8, 4) is 0 Å². The number of aliphatic hydroxyl groups excluding tert-OH is 1. The fraction of sp³-hybridized carbons (Fsp3) is 1.00. The minimum absolute atomic E-state index is 0.0171. The molecule has 0 radical (unpaired) electrons. The Labute approximate surface area is 102 Å². The standard InChI is InChI=1S/C15H30O/c1-4-13-8-10-14(11-9-13)15(16)7-5-6-12(2)3/h12-16H,4-11H2,1-3H3. The second-order valence-corrected chi connectivity index (χ2v) is 6.08. The molecule has 1 heteroatoms. The van der Waals surface area contributed by atoms with Gasteiger partial charge in [-0.15, -0.1) is 0 Å². The van der Waals surface area contributed by atoms with E-state index in [1.807, 2.05) is 0 Å². The summed E-state index contributed by atoms with van der Waals surface area (Å²) in [6.45, 7) is 6.82. The van der Waals surface area contributed by atoms with Gasteiger partial charge >= 0.3 is 0 Å². The molecule has 0 aromatic carbocycles. The maximum Gasteiger partial charge on any atom is 0.0568 e. The van der Waals surface area contributed by atoms with Gasteiger partial charge in [-0.1, -0.05) is 52.9 Å². The molecule has 0 heterocycles. The molecule has 0 spiro atoms. The highest BCUT2D eigenvalue weighted by molar-refractivity contribution is 4.77. The lowest BCUT2D eigenvalue weighted by Crippen LogP contribution is -2.25. The molecule has 0 aliphatic heterocycles. The van der Waals surface area contributed by atoms with Crippen LogP contribution < -0.4 is 0 Å². The second kappa shape index (κ2) is 7.32. The van der Waals surface area contributed by atoms with Crippen LogP contribution in [0.4, 0.5) is 0 Å². The summed E-state index contributed by atoms with van der Waals surface area (Å²) in [7, 11) is 0. The van der Waals surface area contributed by atoms with Gasteiger partial charge in [-0.3, -0.25) is 0 Å². The average molecular weight is 226 g/mol. The minimum Gasteiger partial charge on any atom is -0.393 e. The van der Waals surface area contributed by atoms with E-state index in [1.165, 1.54) is 44.9 Å². The van der Waals surface area contributed by atoms with E-state index in [0.717, 1.165) is 18.3 Å². The Bertz CT molecular complexity index is 168. The molecule has 1 nitrogen and oxygen atoms in total. The van der Waals surface area contributed by atoms with Crippen molar-refractivity contribution in [3.05, 3.63) is 0 Å². The first kappa shape index (κ1) is 14.0. The lowest BCUT2D eigenvalue weighted by atomic mass is 9.77. The monoisotopic (exact) mass is 226 g/mol. The molecule has 0 aromatic rings. The summed E-state index contributed by atoms with van der Waals surface area (Å²) in [6.07, 6.45) is 10.0. The third-order valence-electron chi connectivity index (χ3n) is 4.29. The first-order valence-electron chi connectivity index (χ1n) is 7.31. The fourth-order valence-electron chi connectivity index (χ4n) is 2.95. The summed E-state index contributed by atoms with van der Waals surface area (Å²) in [5.74, 6) is 2.33. The topological polar surface area (TPSA) is 20.2 Å². The van der Waals surface area contributed by atoms with Gasteiger partial charge in [0, 0.05) is 0 Å². The van der Waals surface area contributed by atoms with E-state index in [0.29, 0.717) is 5.92 Å². The van der Waals surface area contributed by atoms with Gasteiger partial charge in [-0.2, -0.15) is 0 Å². The molecule has 1 N–H and O–H groups in total. The van der Waals surface area contributed by atoms with Crippen LogP contribution in [-0.2, 0) is 0 Å². The van der Waals surface area contributed by atoms with Gasteiger partial charge in [0.15, 0.2) is 0 Å². The van der Waals surface area contributed by atoms with Gasteiger partial charge in [0.2, 0.25) is 0 Å². The highest BCUT2D eigenvalue weighted by atomic mass is 16.3. The highest BCUT2D eigenvalue weighted by Gasteiger charge is 2.25. The lowest BCUT2D eigenvalue weighted by molar-refractivity contribution is 0.0636. The predicted molar refractivity (Wildman–Crippen MR) is 70.4 cm³/mol. The van der Waals surface area contributed by atoms with Gasteiger partial charge in [0.05, 0.1) is 6.10 Å². The van der Waals surface area contributed by atoms with E-state index in [4.69, 9.17) is 0 Å². The van der Waals surface area contributed by atoms with Gasteiger partial charge in [0.1, 0.15) is 0 Å². The van der Waals surface area contributed by atoms with E-state index in [2.05, 4.69) is 20.8 Å². The van der Waals surface area contributed by atoms with Crippen LogP contribution in [0.5, 0.6) is 0 Å². The molecular formula is C15H30O. The van der Waals surface area contributed by atoms with Crippen LogP contribution in [0.2, 0.25) is 0 Å². The fourth-order valence-corrected chi connectivity index (χ4v) is 2.95. The number of hydrogen-bond donors (Lipinski definition) is 1. The quantitative estimate of drug-likeness (QED) is 0.712. The highest BCUT2D eigenvalue weighted by Crippen LogP contribution is 2.33. The van der Waals surface area contributed by atoms with Crippen molar-refractivity contribution in [2.24, 2.45) is 17.8 Å². The van der Waals surface area contributed by atoms with E-state index < -0.39 is 0 Å². The van der Waals surface area contributed by atoms with E-state index in [1.54, 1.807) is 0 Å². The van der Waals surface area contributed by atoms with Gasteiger partial charge < -0.3 is 5.11 Å². The van der Waals surface area contributed by atoms with Crippen LogP contribution in [0.15, 0.2) is 0 Å². The Morgan fingerprint density at radius 3 is 2.19 bits per heavy atom. The molecule has 1 aliphatic carbocycles. The molecular weight excluding hydrogens is 196 g/mol. The Morgan fingerprint density at radius 1 is 1.06 bits per heavy atom. The third-order valence-corrected chi connectivity index (χ3v) is 4.29. The van der Waals surface area contributed by atoms with Crippen LogP contribution in [0.25, 0.3) is 0 Å². The Hall–Kier alpha value is -0.0400. The van der Waals surface area contributed by atoms with Crippen molar-refractivity contribution in [2.75, 3.05) is 0 Å². The van der Waals surface area contributed by atoms with E-state index in [9.17, 15) is 5.11 Å². The van der Waals surface area contributed by atoms with Crippen molar-refractivity contribution < 1.29 is 5.11 Å². The Morgan fingerprint density at radius 2 is 1.69 bits per heavy atom. The van der Waals surface area contributed by atoms with Crippen LogP contribution in [0.1, 0.15) is 72.1 Å². The summed E-state index contributed by atoms with van der Waals surface area (Å²) < 4.78 is 0. The molecule has 0 amide bonds. The minimum atomic E-state index is -0.0171. The Kier molecular flexibility index (Phi) is 6.41. The first-order valence-corrected chi connectivity index (χ1v) is 7.31. The van der Waals surface area contributed by atoms with Crippen LogP contribution >= 0.6 is 0 Å². The largest absolute Gasteiger partial charge is 0.393 e. The summed E-state index contributed by atoms with van der Waals surface area (Å²) in [5.41, 5.74) is 0. The molecule has 1 rings (SSSR count). The summed E-state index contributed by atoms with van der Waals surface area (Å²) in [4.78, 5) is 0. The summed E-state index contributed by atoms with van der Waals surface area (Å²) in [6, 6.07) is 0. The normalized spacial score (nSPS) is 28.3. The number of rotatable bonds is 6. The van der Waals surface area contributed by atoms with Gasteiger partial charge in [-0.25, -0.2) is 0 Å². The maximum atomic E-state index is 10.1. The average Bonchev–Trinajstić information content (AvgIpc) is 2.28. The summed E-state index contributed by atoms with van der Waals surface area (Å²) >= 11 is 0. The van der Waals surface area contributed by atoms with Crippen molar-refractivity contribution in [1.29, 1.82) is 0 Å². The predicted octanol–water partition coefficient (Wildman–Crippen LogP) is 4.39. The molecule has 1 saturated carbocycles. The zero-order chi connectivity index (χ0) is 12.0. The van der Waals surface area contributed by atoms with Gasteiger partial charge in [-0.05, 0) is 37.0 Å². The first-order chi connectivity index (χ1) is 7.63. The van der Waals surface area contributed by atoms with E-state index >= 15 is 0 Å². The van der Waals surface area contributed by atoms with Crippen molar-refractivity contribution in [1.82, 2.24) is 0 Å². The molecule has 0 bridgehead atoms. The Balaban J connectivity index is 2.15. The molecule has 0 saturated heterocycles. The number of aliphatic hydroxyl groups is 1. The molecule has 1 unspecified atom stereocenters. The van der Waals surface area contributed by atoms with Crippen LogP contribution in [0.3, 0.4) is 0 Å². The van der Waals surface area contributed by atoms with Crippen molar-refractivity contribution in [3.63, 3.8) is 0 Å². The SMILES string of the molecule is CCC1CCC(C(O)CCCC(C)C)CC1. The third kappa shape index (κ3) is 4.86. The molecule has 1 atom stereocenters. The smallest absolute Gasteiger partial charge is 0.0568 e. The zero-order valence-corrected chi connectivity index (χ0v) is 11.4. The van der Waals surface area contributed by atoms with Crippen LogP contribution in [0, 0.1) is 17.8 Å². The van der Waals surface area contributed by atoms with Crippen molar-refractivity contribution >= 4 is 0 Å². The molecule has 1 aliphatic rings. The van der Waals surface area contributed by atoms with Crippen LogP contribution in [-0.4, -0.2) is 11.2 Å². The zero-order valence-electron chi connectivity index (χ0n) is 11.4. The number of hydrogen-bond acceptors (Lipinski definition) is 1. The molecule has 1 fully saturated rings. The van der Waals surface area contributed by atoms with Crippen molar-refractivity contribution in [2.45, 2.75) is 78.2 Å². The molecule has 0 aromatic heterocycles. The van der Waals surface area contributed by atoms with E-state index in [-0.39, 0.29) is 6.10 Å². The second-order valence-electron chi connectivity index (χ2n) is 6.08. The summed E-state index contributed by atoms with van der Waals surface area (Å²) in [5, 5.41) is 10.1. The lowest BCUT2D eigenvalue weighted by Gasteiger charge is -2.31.